The van der Waals surface area contributed by atoms with Crippen molar-refractivity contribution in [3.8, 4) is 11.1 Å². The van der Waals surface area contributed by atoms with E-state index < -0.39 is 0 Å². The average Bonchev–Trinajstić information content (AvgIpc) is 2.73. The van der Waals surface area contributed by atoms with E-state index in [1.807, 2.05) is 36.4 Å². The van der Waals surface area contributed by atoms with Gasteiger partial charge in [-0.15, -0.1) is 0 Å². The second-order valence-electron chi connectivity index (χ2n) is 6.90. The van der Waals surface area contributed by atoms with Gasteiger partial charge in [0.15, 0.2) is 5.78 Å². The molecule has 0 fully saturated rings. The van der Waals surface area contributed by atoms with E-state index in [9.17, 15) is 9.90 Å². The predicted octanol–water partition coefficient (Wildman–Crippen LogP) is 7.72. The van der Waals surface area contributed by atoms with Crippen molar-refractivity contribution in [3.63, 3.8) is 0 Å². The Bertz CT molecular complexity index is 1150. The number of benzene rings is 2. The third-order valence-corrected chi connectivity index (χ3v) is 7.36. The van der Waals surface area contributed by atoms with Gasteiger partial charge in [0, 0.05) is 52.2 Å². The Morgan fingerprint density at radius 2 is 1.77 bits per heavy atom. The highest BCUT2D eigenvalue weighted by molar-refractivity contribution is 8.04. The number of Topliss-reactive ketones (excluding diaryl/α,β-unsaturated/α-hetero) is 1. The lowest BCUT2D eigenvalue weighted by atomic mass is 9.84. The predicted molar refractivity (Wildman–Crippen MR) is 124 cm³/mol. The SMILES string of the molecule is O=C1CC(c2c(Cl)ccc(-c3cccnc3)c2Cl)CC(O)=C1Sc1ccccc1Cl. The number of carbonyl (C=O) groups excluding carboxylic acids is 1. The molecule has 1 heterocycles. The molecule has 0 radical (unpaired) electrons. The first-order valence-electron chi connectivity index (χ1n) is 9.21. The van der Waals surface area contributed by atoms with E-state index in [-0.39, 0.29) is 30.3 Å². The lowest BCUT2D eigenvalue weighted by Crippen LogP contribution is -2.17. The van der Waals surface area contributed by atoms with E-state index in [4.69, 9.17) is 34.8 Å². The molecule has 0 amide bonds. The van der Waals surface area contributed by atoms with Gasteiger partial charge in [0.05, 0.1) is 15.0 Å². The molecule has 1 unspecified atom stereocenters. The number of aliphatic hydroxyl groups excluding tert-OH is 1. The molecule has 152 valence electrons. The number of nitrogens with zero attached hydrogens (tertiary/aromatic N) is 1. The summed E-state index contributed by atoms with van der Waals surface area (Å²) in [6.07, 6.45) is 3.89. The van der Waals surface area contributed by atoms with Gasteiger partial charge in [0.2, 0.25) is 0 Å². The molecule has 0 bridgehead atoms. The van der Waals surface area contributed by atoms with Crippen LogP contribution in [-0.2, 0) is 4.79 Å². The second kappa shape index (κ2) is 9.03. The van der Waals surface area contributed by atoms with Crippen LogP contribution in [0.4, 0.5) is 0 Å². The molecule has 1 atom stereocenters. The van der Waals surface area contributed by atoms with Crippen LogP contribution < -0.4 is 0 Å². The van der Waals surface area contributed by atoms with Crippen molar-refractivity contribution in [1.82, 2.24) is 4.98 Å². The Labute approximate surface area is 193 Å². The fourth-order valence-electron chi connectivity index (χ4n) is 3.52. The summed E-state index contributed by atoms with van der Waals surface area (Å²) < 4.78 is 0. The Morgan fingerprint density at radius 1 is 0.967 bits per heavy atom. The summed E-state index contributed by atoms with van der Waals surface area (Å²) >= 11 is 20.6. The van der Waals surface area contributed by atoms with Crippen molar-refractivity contribution in [3.05, 3.63) is 92.2 Å². The molecule has 3 aromatic rings. The Hall–Kier alpha value is -1.98. The van der Waals surface area contributed by atoms with Gasteiger partial charge < -0.3 is 5.11 Å². The van der Waals surface area contributed by atoms with Gasteiger partial charge in [0.1, 0.15) is 5.76 Å². The minimum atomic E-state index is -0.315. The number of hydrogen-bond donors (Lipinski definition) is 1. The molecule has 7 heteroatoms. The zero-order chi connectivity index (χ0) is 21.3. The number of aromatic nitrogens is 1. The van der Waals surface area contributed by atoms with E-state index in [1.165, 1.54) is 11.8 Å². The van der Waals surface area contributed by atoms with Gasteiger partial charge in [-0.05, 0) is 29.8 Å². The molecule has 1 aromatic heterocycles. The molecule has 4 rings (SSSR count). The van der Waals surface area contributed by atoms with Crippen LogP contribution in [0.5, 0.6) is 0 Å². The minimum Gasteiger partial charge on any atom is -0.511 e. The van der Waals surface area contributed by atoms with Crippen molar-refractivity contribution >= 4 is 52.3 Å². The molecular formula is C23H16Cl3NO2S. The summed E-state index contributed by atoms with van der Waals surface area (Å²) in [4.78, 5) is 18.1. The van der Waals surface area contributed by atoms with Gasteiger partial charge in [-0.2, -0.15) is 0 Å². The number of carbonyl (C=O) groups is 1. The number of pyridine rings is 1. The minimum absolute atomic E-state index is 0.0279. The molecule has 0 saturated heterocycles. The van der Waals surface area contributed by atoms with Crippen LogP contribution in [-0.4, -0.2) is 15.9 Å². The van der Waals surface area contributed by atoms with Crippen molar-refractivity contribution in [1.29, 1.82) is 0 Å². The smallest absolute Gasteiger partial charge is 0.173 e. The molecule has 0 aliphatic heterocycles. The summed E-state index contributed by atoms with van der Waals surface area (Å²) in [7, 11) is 0. The zero-order valence-corrected chi connectivity index (χ0v) is 18.7. The van der Waals surface area contributed by atoms with Crippen LogP contribution in [0, 0.1) is 0 Å². The molecule has 2 aromatic carbocycles. The first-order chi connectivity index (χ1) is 14.5. The molecule has 1 N–H and O–H groups in total. The molecule has 1 aliphatic rings. The number of ketones is 1. The first kappa shape index (κ1) is 21.3. The van der Waals surface area contributed by atoms with Crippen molar-refractivity contribution in [2.24, 2.45) is 0 Å². The topological polar surface area (TPSA) is 50.2 Å². The van der Waals surface area contributed by atoms with Crippen LogP contribution in [0.1, 0.15) is 24.3 Å². The number of rotatable bonds is 4. The van der Waals surface area contributed by atoms with E-state index in [1.54, 1.807) is 24.5 Å². The Kier molecular flexibility index (Phi) is 6.40. The summed E-state index contributed by atoms with van der Waals surface area (Å²) in [6.45, 7) is 0. The maximum atomic E-state index is 12.9. The second-order valence-corrected chi connectivity index (χ2v) is 9.15. The van der Waals surface area contributed by atoms with Crippen LogP contribution in [0.2, 0.25) is 15.1 Å². The first-order valence-corrected chi connectivity index (χ1v) is 11.2. The third kappa shape index (κ3) is 4.23. The quantitative estimate of drug-likeness (QED) is 0.419. The van der Waals surface area contributed by atoms with Crippen LogP contribution in [0.3, 0.4) is 0 Å². The van der Waals surface area contributed by atoms with Crippen LogP contribution in [0.25, 0.3) is 11.1 Å². The highest BCUT2D eigenvalue weighted by Crippen LogP contribution is 2.46. The van der Waals surface area contributed by atoms with Gasteiger partial charge >= 0.3 is 0 Å². The van der Waals surface area contributed by atoms with E-state index in [2.05, 4.69) is 4.98 Å². The fourth-order valence-corrected chi connectivity index (χ4v) is 5.49. The summed E-state index contributed by atoms with van der Waals surface area (Å²) in [5, 5.41) is 12.2. The third-order valence-electron chi connectivity index (χ3n) is 4.94. The highest BCUT2D eigenvalue weighted by Gasteiger charge is 2.32. The summed E-state index contributed by atoms with van der Waals surface area (Å²) in [6, 6.07) is 14.6. The summed E-state index contributed by atoms with van der Waals surface area (Å²) in [5.74, 6) is -0.447. The number of allylic oxidation sites excluding steroid dienone is 2. The molecule has 0 saturated carbocycles. The lowest BCUT2D eigenvalue weighted by Gasteiger charge is -2.26. The van der Waals surface area contributed by atoms with E-state index in [0.717, 1.165) is 16.0 Å². The standard InChI is InChI=1S/C23H16Cl3NO2S/c24-16-5-1-2-6-20(16)30-23-18(28)10-14(11-19(23)29)21-17(25)8-7-15(22(21)26)13-4-3-9-27-12-13/h1-9,12,14,28H,10-11H2. The van der Waals surface area contributed by atoms with Crippen molar-refractivity contribution in [2.75, 3.05) is 0 Å². The lowest BCUT2D eigenvalue weighted by molar-refractivity contribution is -0.115. The average molecular weight is 477 g/mol. The zero-order valence-electron chi connectivity index (χ0n) is 15.6. The monoisotopic (exact) mass is 475 g/mol. The van der Waals surface area contributed by atoms with Gasteiger partial charge in [-0.25, -0.2) is 0 Å². The van der Waals surface area contributed by atoms with E-state index in [0.29, 0.717) is 25.5 Å². The molecular weight excluding hydrogens is 461 g/mol. The number of aliphatic hydroxyl groups is 1. The van der Waals surface area contributed by atoms with Gasteiger partial charge in [0.25, 0.3) is 0 Å². The highest BCUT2D eigenvalue weighted by atomic mass is 35.5. The van der Waals surface area contributed by atoms with Crippen molar-refractivity contribution in [2.45, 2.75) is 23.7 Å². The molecule has 3 nitrogen and oxygen atoms in total. The molecule has 30 heavy (non-hydrogen) atoms. The van der Waals surface area contributed by atoms with Crippen molar-refractivity contribution < 1.29 is 9.90 Å². The van der Waals surface area contributed by atoms with Gasteiger partial charge in [-0.3, -0.25) is 9.78 Å². The number of thioether (sulfide) groups is 1. The van der Waals surface area contributed by atoms with Crippen LogP contribution in [0.15, 0.2) is 76.5 Å². The molecule has 0 spiro atoms. The fraction of sp³-hybridized carbons (Fsp3) is 0.130. The number of hydrogen-bond acceptors (Lipinski definition) is 4. The molecule has 1 aliphatic carbocycles. The normalized spacial score (nSPS) is 16.8. The number of halogens is 3. The van der Waals surface area contributed by atoms with Gasteiger partial charge in [-0.1, -0.05) is 70.8 Å². The maximum absolute atomic E-state index is 12.9. The van der Waals surface area contributed by atoms with E-state index >= 15 is 0 Å². The maximum Gasteiger partial charge on any atom is 0.173 e. The largest absolute Gasteiger partial charge is 0.511 e. The van der Waals surface area contributed by atoms with Crippen LogP contribution >= 0.6 is 46.6 Å². The Morgan fingerprint density at radius 3 is 2.47 bits per heavy atom. The Balaban J connectivity index is 1.68. The summed E-state index contributed by atoms with van der Waals surface area (Å²) in [5.41, 5.74) is 2.31.